The van der Waals surface area contributed by atoms with Gasteiger partial charge < -0.3 is 0 Å². The highest BCUT2D eigenvalue weighted by Gasteiger charge is 2.32. The van der Waals surface area contributed by atoms with Crippen molar-refractivity contribution in [1.82, 2.24) is 9.78 Å². The van der Waals surface area contributed by atoms with Crippen molar-refractivity contribution < 1.29 is 13.2 Å². The minimum Gasteiger partial charge on any atom is -0.218 e. The van der Waals surface area contributed by atoms with Gasteiger partial charge in [-0.25, -0.2) is 10.0 Å². The van der Waals surface area contributed by atoms with Crippen LogP contribution in [0.1, 0.15) is 6.92 Å². The summed E-state index contributed by atoms with van der Waals surface area (Å²) in [6.07, 6.45) is 1.95. The van der Waals surface area contributed by atoms with Crippen LogP contribution >= 0.6 is 10.0 Å². The molecule has 0 aliphatic carbocycles. The van der Waals surface area contributed by atoms with Crippen molar-refractivity contribution in [2.24, 2.45) is 0 Å². The molecule has 0 fully saturated rings. The Morgan fingerprint density at radius 3 is 2.36 bits per heavy atom. The van der Waals surface area contributed by atoms with E-state index in [9.17, 15) is 13.2 Å². The second-order valence-corrected chi connectivity index (χ2v) is 7.54. The van der Waals surface area contributed by atoms with Crippen LogP contribution < -0.4 is 0 Å². The van der Waals surface area contributed by atoms with Crippen molar-refractivity contribution >= 4 is 10.0 Å². The summed E-state index contributed by atoms with van der Waals surface area (Å²) in [5, 5.41) is 3.31. The number of alkyl halides is 3. The molecule has 1 heterocycles. The van der Waals surface area contributed by atoms with E-state index in [1.165, 1.54) is 6.20 Å². The van der Waals surface area contributed by atoms with Gasteiger partial charge in [0.15, 0.2) is 0 Å². The number of rotatable bonds is 2. The Hall–Kier alpha value is -0.650. The highest BCUT2D eigenvalue weighted by molar-refractivity contribution is 8.32. The highest BCUT2D eigenvalue weighted by Crippen LogP contribution is 2.48. The van der Waals surface area contributed by atoms with Crippen LogP contribution in [-0.4, -0.2) is 28.0 Å². The second-order valence-electron chi connectivity index (χ2n) is 3.42. The van der Waals surface area contributed by atoms with Gasteiger partial charge in [-0.3, -0.25) is 0 Å². The van der Waals surface area contributed by atoms with Crippen molar-refractivity contribution in [3.05, 3.63) is 12.4 Å². The summed E-state index contributed by atoms with van der Waals surface area (Å²) < 4.78 is 36.7. The molecule has 0 bridgehead atoms. The second kappa shape index (κ2) is 3.49. The van der Waals surface area contributed by atoms with Crippen molar-refractivity contribution in [2.45, 2.75) is 18.1 Å². The zero-order valence-corrected chi connectivity index (χ0v) is 9.11. The molecule has 0 saturated carbocycles. The minimum absolute atomic E-state index is 0.0622. The summed E-state index contributed by atoms with van der Waals surface area (Å²) in [5.74, 6) is 0.858. The molecule has 0 aliphatic rings. The van der Waals surface area contributed by atoms with Gasteiger partial charge in [0, 0.05) is 11.1 Å². The first-order valence-electron chi connectivity index (χ1n) is 4.10. The van der Waals surface area contributed by atoms with Gasteiger partial charge in [0.05, 0.1) is 6.20 Å². The first-order chi connectivity index (χ1) is 6.27. The fourth-order valence-corrected chi connectivity index (χ4v) is 1.95. The van der Waals surface area contributed by atoms with E-state index in [1.54, 1.807) is 0 Å². The molecule has 0 unspecified atom stereocenters. The quantitative estimate of drug-likeness (QED) is 0.758. The average molecular weight is 226 g/mol. The lowest BCUT2D eigenvalue weighted by Crippen LogP contribution is -2.16. The smallest absolute Gasteiger partial charge is 0.218 e. The molecule has 1 aromatic heterocycles. The molecule has 1 aromatic rings. The first kappa shape index (κ1) is 11.4. The maximum atomic E-state index is 12.2. The van der Waals surface area contributed by atoms with Gasteiger partial charge in [-0.1, -0.05) is 6.92 Å². The molecule has 82 valence electrons. The monoisotopic (exact) mass is 226 g/mol. The van der Waals surface area contributed by atoms with Gasteiger partial charge in [0.1, 0.15) is 0 Å². The number of hydrogen-bond acceptors (Lipinski definition) is 1. The van der Waals surface area contributed by atoms with Crippen molar-refractivity contribution in [3.8, 4) is 0 Å². The number of hydrogen-bond donors (Lipinski definition) is 0. The van der Waals surface area contributed by atoms with Crippen LogP contribution in [0.3, 0.4) is 0 Å². The maximum absolute atomic E-state index is 12.2. The van der Waals surface area contributed by atoms with Crippen LogP contribution in [0.15, 0.2) is 17.3 Å². The van der Waals surface area contributed by atoms with Gasteiger partial charge in [0.25, 0.3) is 0 Å². The molecule has 0 aliphatic heterocycles. The van der Waals surface area contributed by atoms with Gasteiger partial charge >= 0.3 is 6.30 Å². The van der Waals surface area contributed by atoms with Gasteiger partial charge in [0.2, 0.25) is 0 Å². The summed E-state index contributed by atoms with van der Waals surface area (Å²) in [5.41, 5.74) is 0. The van der Waals surface area contributed by atoms with Crippen LogP contribution in [0.4, 0.5) is 13.2 Å². The van der Waals surface area contributed by atoms with E-state index in [0.717, 1.165) is 11.9 Å². The molecular weight excluding hydrogens is 213 g/mol. The van der Waals surface area contributed by atoms with E-state index in [4.69, 9.17) is 0 Å². The summed E-state index contributed by atoms with van der Waals surface area (Å²) in [6, 6.07) is 0. The fourth-order valence-electron chi connectivity index (χ4n) is 0.897. The Labute approximate surface area is 82.4 Å². The van der Waals surface area contributed by atoms with Crippen LogP contribution in [-0.2, 0) is 6.30 Å². The Morgan fingerprint density at radius 1 is 1.43 bits per heavy atom. The molecule has 0 atom stereocenters. The lowest BCUT2D eigenvalue weighted by molar-refractivity contribution is -0.212. The lowest BCUT2D eigenvalue weighted by atomic mass is 10.7. The minimum atomic E-state index is -4.40. The molecule has 0 N–H and O–H groups in total. The molecule has 6 heteroatoms. The predicted molar refractivity (Wildman–Crippen MR) is 51.8 cm³/mol. The number of aromatic nitrogens is 2. The first-order valence-corrected chi connectivity index (χ1v) is 6.72. The van der Waals surface area contributed by atoms with Crippen LogP contribution in [0, 0.1) is 0 Å². The number of nitrogens with zero attached hydrogens (tertiary/aromatic N) is 2. The highest BCUT2D eigenvalue weighted by atomic mass is 32.3. The topological polar surface area (TPSA) is 17.8 Å². The number of halogens is 3. The molecule has 2 nitrogen and oxygen atoms in total. The molecule has 14 heavy (non-hydrogen) atoms. The largest absolute Gasteiger partial charge is 0.504 e. The van der Waals surface area contributed by atoms with E-state index in [-0.39, 0.29) is 4.68 Å². The van der Waals surface area contributed by atoms with E-state index in [0.29, 0.717) is 4.90 Å². The van der Waals surface area contributed by atoms with E-state index >= 15 is 0 Å². The van der Waals surface area contributed by atoms with E-state index in [1.807, 2.05) is 19.4 Å². The SMILES string of the molecule is CCS(C)(C)c1cnn(C(F)(F)F)c1. The Bertz CT molecular complexity index is 317. The summed E-state index contributed by atoms with van der Waals surface area (Å²) in [6.45, 7) is 1.97. The van der Waals surface area contributed by atoms with Crippen molar-refractivity contribution in [2.75, 3.05) is 18.3 Å². The third-order valence-corrected chi connectivity index (χ3v) is 5.11. The molecule has 0 amide bonds. The van der Waals surface area contributed by atoms with E-state index in [2.05, 4.69) is 5.10 Å². The Balaban J connectivity index is 3.00. The third-order valence-electron chi connectivity index (χ3n) is 2.18. The van der Waals surface area contributed by atoms with Crippen molar-refractivity contribution in [3.63, 3.8) is 0 Å². The molecule has 0 spiro atoms. The third kappa shape index (κ3) is 2.23. The van der Waals surface area contributed by atoms with Gasteiger partial charge in [-0.2, -0.15) is 9.78 Å². The molecule has 0 saturated heterocycles. The fraction of sp³-hybridized carbons (Fsp3) is 0.625. The zero-order valence-electron chi connectivity index (χ0n) is 8.30. The van der Waals surface area contributed by atoms with E-state index < -0.39 is 16.3 Å². The van der Waals surface area contributed by atoms with Crippen LogP contribution in [0.2, 0.25) is 0 Å². The predicted octanol–water partition coefficient (Wildman–Crippen LogP) is 2.80. The summed E-state index contributed by atoms with van der Waals surface area (Å²) >= 11 is 0. The average Bonchev–Trinajstić information content (AvgIpc) is 2.51. The maximum Gasteiger partial charge on any atom is 0.504 e. The Morgan fingerprint density at radius 2 is 2.00 bits per heavy atom. The lowest BCUT2D eigenvalue weighted by Gasteiger charge is -2.27. The summed E-state index contributed by atoms with van der Waals surface area (Å²) in [7, 11) is -1.12. The standard InChI is InChI=1S/C8H13F3N2S/c1-4-14(2,3)7-5-12-13(6-7)8(9,10)11/h5-6H,4H2,1-3H3. The normalized spacial score (nSPS) is 14.4. The molecule has 0 radical (unpaired) electrons. The van der Waals surface area contributed by atoms with Gasteiger partial charge in [-0.05, 0) is 18.3 Å². The molecule has 0 aromatic carbocycles. The molecular formula is C8H13F3N2S. The summed E-state index contributed by atoms with van der Waals surface area (Å²) in [4.78, 5) is 0.692. The molecule has 1 rings (SSSR count). The zero-order chi connectivity index (χ0) is 11.0. The Kier molecular flexibility index (Phi) is 2.85. The van der Waals surface area contributed by atoms with Crippen molar-refractivity contribution in [1.29, 1.82) is 0 Å². The van der Waals surface area contributed by atoms with Crippen LogP contribution in [0.25, 0.3) is 0 Å². The van der Waals surface area contributed by atoms with Crippen LogP contribution in [0.5, 0.6) is 0 Å². The van der Waals surface area contributed by atoms with Gasteiger partial charge in [-0.15, -0.1) is 13.2 Å².